The van der Waals surface area contributed by atoms with Crippen LogP contribution < -0.4 is 18.9 Å². The van der Waals surface area contributed by atoms with E-state index >= 15 is 0 Å². The third-order valence-electron chi connectivity index (χ3n) is 6.58. The molecule has 0 fully saturated rings. The molecule has 2 aromatic carbocycles. The van der Waals surface area contributed by atoms with Crippen LogP contribution in [0, 0.1) is 0 Å². The molecule has 33 heavy (non-hydrogen) atoms. The molecule has 1 aliphatic heterocycles. The number of nitrogens with zero attached hydrogens (tertiary/aromatic N) is 1. The molecule has 0 saturated carbocycles. The first-order chi connectivity index (χ1) is 15.4. The zero-order valence-corrected chi connectivity index (χ0v) is 22.6. The van der Waals surface area contributed by atoms with Crippen LogP contribution in [0.25, 0.3) is 0 Å². The van der Waals surface area contributed by atoms with Crippen LogP contribution >= 0.6 is 24.0 Å². The molecule has 2 atom stereocenters. The van der Waals surface area contributed by atoms with E-state index in [0.717, 1.165) is 35.2 Å². The second kappa shape index (κ2) is 11.8. The van der Waals surface area contributed by atoms with Crippen LogP contribution in [0.1, 0.15) is 29.2 Å². The minimum Gasteiger partial charge on any atom is -0.493 e. The SMILES string of the molecule is COC(=O)CC[N+]1(C)CCc2cc(OC)c(OC)cc2[C@H]1Cc1ccc(OC)c(OC)c1.I. The highest BCUT2D eigenvalue weighted by molar-refractivity contribution is 14.0. The van der Waals surface area contributed by atoms with Crippen molar-refractivity contribution in [2.24, 2.45) is 0 Å². The minimum atomic E-state index is -0.188. The number of carbonyl (C=O) groups excluding carboxylic acids is 1. The molecular formula is C25H35INO6+. The molecule has 1 heterocycles. The van der Waals surface area contributed by atoms with Gasteiger partial charge in [0.15, 0.2) is 23.0 Å². The van der Waals surface area contributed by atoms with Crippen molar-refractivity contribution < 1.29 is 33.0 Å². The molecule has 0 radical (unpaired) electrons. The van der Waals surface area contributed by atoms with Crippen molar-refractivity contribution in [3.05, 3.63) is 47.0 Å². The summed E-state index contributed by atoms with van der Waals surface area (Å²) in [7, 11) is 10.2. The molecule has 1 unspecified atom stereocenters. The average Bonchev–Trinajstić information content (AvgIpc) is 2.83. The Morgan fingerprint density at radius 2 is 1.52 bits per heavy atom. The smallest absolute Gasteiger partial charge is 0.311 e. The number of hydrogen-bond acceptors (Lipinski definition) is 6. The van der Waals surface area contributed by atoms with Gasteiger partial charge < -0.3 is 28.2 Å². The maximum absolute atomic E-state index is 11.9. The fraction of sp³-hybridized carbons (Fsp3) is 0.480. The van der Waals surface area contributed by atoms with Crippen molar-refractivity contribution in [1.82, 2.24) is 0 Å². The number of fused-ring (bicyclic) bond motifs is 1. The van der Waals surface area contributed by atoms with Gasteiger partial charge >= 0.3 is 5.97 Å². The fourth-order valence-corrected chi connectivity index (χ4v) is 4.61. The number of ether oxygens (including phenoxy) is 5. The molecule has 0 N–H and O–H groups in total. The van der Waals surface area contributed by atoms with Crippen molar-refractivity contribution in [3.8, 4) is 23.0 Å². The summed E-state index contributed by atoms with van der Waals surface area (Å²) in [5.74, 6) is 2.67. The maximum Gasteiger partial charge on any atom is 0.311 e. The van der Waals surface area contributed by atoms with Crippen molar-refractivity contribution in [3.63, 3.8) is 0 Å². The van der Waals surface area contributed by atoms with Crippen molar-refractivity contribution in [2.75, 3.05) is 55.7 Å². The first-order valence-electron chi connectivity index (χ1n) is 10.8. The largest absolute Gasteiger partial charge is 0.493 e. The normalized spacial score (nSPS) is 19.0. The van der Waals surface area contributed by atoms with E-state index in [0.29, 0.717) is 30.2 Å². The number of benzene rings is 2. The summed E-state index contributed by atoms with van der Waals surface area (Å²) in [6, 6.07) is 10.3. The molecular weight excluding hydrogens is 537 g/mol. The summed E-state index contributed by atoms with van der Waals surface area (Å²) in [5.41, 5.74) is 3.61. The number of likely N-dealkylation sites (N-methyl/N-ethyl adjacent to an activating group) is 1. The van der Waals surface area contributed by atoms with Crippen LogP contribution in [0.3, 0.4) is 0 Å². The van der Waals surface area contributed by atoms with Crippen molar-refractivity contribution in [1.29, 1.82) is 0 Å². The van der Waals surface area contributed by atoms with Gasteiger partial charge in [-0.1, -0.05) is 6.07 Å². The minimum absolute atomic E-state index is 0. The van der Waals surface area contributed by atoms with Crippen molar-refractivity contribution >= 4 is 29.9 Å². The highest BCUT2D eigenvalue weighted by atomic mass is 127. The Bertz CT molecular complexity index is 966. The van der Waals surface area contributed by atoms with Gasteiger partial charge in [-0.3, -0.25) is 4.79 Å². The van der Waals surface area contributed by atoms with E-state index in [2.05, 4.69) is 25.2 Å². The lowest BCUT2D eigenvalue weighted by molar-refractivity contribution is -0.940. The van der Waals surface area contributed by atoms with E-state index < -0.39 is 0 Å². The number of esters is 1. The van der Waals surface area contributed by atoms with E-state index in [1.54, 1.807) is 28.4 Å². The first-order valence-corrected chi connectivity index (χ1v) is 10.8. The molecule has 0 saturated heterocycles. The number of halogens is 1. The standard InChI is InChI=1S/C25H34NO6.HI/c1-26(12-10-25(27)32-6)11-9-18-15-23(30-4)24(31-5)16-19(18)20(26)13-17-7-8-21(28-2)22(14-17)29-3;/h7-8,14-16,20H,9-13H2,1-6H3;1H/q+1;/t20-,26?;/m1./s1. The number of carbonyl (C=O) groups is 1. The lowest BCUT2D eigenvalue weighted by atomic mass is 9.86. The second-order valence-electron chi connectivity index (χ2n) is 8.32. The highest BCUT2D eigenvalue weighted by Crippen LogP contribution is 2.43. The van der Waals surface area contributed by atoms with E-state index in [4.69, 9.17) is 23.7 Å². The molecule has 0 amide bonds. The molecule has 0 aliphatic carbocycles. The average molecular weight is 572 g/mol. The quantitative estimate of drug-likeness (QED) is 0.255. The third kappa shape index (κ3) is 5.84. The van der Waals surface area contributed by atoms with Gasteiger partial charge in [-0.25, -0.2) is 0 Å². The van der Waals surface area contributed by atoms with Gasteiger partial charge in [0.25, 0.3) is 0 Å². The van der Waals surface area contributed by atoms with Gasteiger partial charge in [-0.05, 0) is 35.4 Å². The monoisotopic (exact) mass is 572 g/mol. The van der Waals surface area contributed by atoms with E-state index in [-0.39, 0.29) is 36.0 Å². The van der Waals surface area contributed by atoms with Crippen LogP contribution in [0.5, 0.6) is 23.0 Å². The molecule has 0 bridgehead atoms. The Morgan fingerprint density at radius 3 is 2.12 bits per heavy atom. The molecule has 0 aromatic heterocycles. The Hall–Kier alpha value is -2.20. The summed E-state index contributed by atoms with van der Waals surface area (Å²) in [5, 5.41) is 0. The van der Waals surface area contributed by atoms with E-state index in [1.165, 1.54) is 18.2 Å². The number of rotatable bonds is 9. The van der Waals surface area contributed by atoms with Crippen LogP contribution in [0.15, 0.2) is 30.3 Å². The van der Waals surface area contributed by atoms with Gasteiger partial charge in [0.2, 0.25) is 0 Å². The highest BCUT2D eigenvalue weighted by Gasteiger charge is 2.40. The van der Waals surface area contributed by atoms with Crippen molar-refractivity contribution in [2.45, 2.75) is 25.3 Å². The molecule has 3 rings (SSSR count). The van der Waals surface area contributed by atoms with Gasteiger partial charge in [-0.15, -0.1) is 24.0 Å². The summed E-state index contributed by atoms with van der Waals surface area (Å²) in [6.07, 6.45) is 2.05. The Morgan fingerprint density at radius 1 is 0.909 bits per heavy atom. The van der Waals surface area contributed by atoms with Gasteiger partial charge in [0.05, 0.1) is 62.1 Å². The Labute approximate surface area is 213 Å². The van der Waals surface area contributed by atoms with E-state index in [1.807, 2.05) is 12.1 Å². The topological polar surface area (TPSA) is 63.2 Å². The lowest BCUT2D eigenvalue weighted by Crippen LogP contribution is -2.53. The van der Waals surface area contributed by atoms with Crippen LogP contribution in [-0.4, -0.2) is 66.1 Å². The molecule has 8 heteroatoms. The van der Waals surface area contributed by atoms with Crippen LogP contribution in [-0.2, 0) is 22.4 Å². The van der Waals surface area contributed by atoms with Gasteiger partial charge in [-0.2, -0.15) is 0 Å². The molecule has 1 aliphatic rings. The zero-order chi connectivity index (χ0) is 23.3. The third-order valence-corrected chi connectivity index (χ3v) is 6.58. The Balaban J connectivity index is 0.00000385. The zero-order valence-electron chi connectivity index (χ0n) is 20.3. The number of hydrogen-bond donors (Lipinski definition) is 0. The molecule has 2 aromatic rings. The molecule has 182 valence electrons. The van der Waals surface area contributed by atoms with Crippen LogP contribution in [0.2, 0.25) is 0 Å². The second-order valence-corrected chi connectivity index (χ2v) is 8.32. The van der Waals surface area contributed by atoms with E-state index in [9.17, 15) is 4.79 Å². The predicted octanol–water partition coefficient (Wildman–Crippen LogP) is 4.19. The van der Waals surface area contributed by atoms with Crippen LogP contribution in [0.4, 0.5) is 0 Å². The lowest BCUT2D eigenvalue weighted by Gasteiger charge is -2.46. The predicted molar refractivity (Wildman–Crippen MR) is 137 cm³/mol. The molecule has 0 spiro atoms. The first kappa shape index (κ1) is 27.0. The fourth-order valence-electron chi connectivity index (χ4n) is 4.61. The van der Waals surface area contributed by atoms with Gasteiger partial charge in [0.1, 0.15) is 6.04 Å². The summed E-state index contributed by atoms with van der Waals surface area (Å²) >= 11 is 0. The summed E-state index contributed by atoms with van der Waals surface area (Å²) in [4.78, 5) is 11.9. The maximum atomic E-state index is 11.9. The number of quaternary nitrogens is 1. The molecule has 7 nitrogen and oxygen atoms in total. The number of methoxy groups -OCH3 is 5. The Kier molecular flexibility index (Phi) is 9.66. The van der Waals surface area contributed by atoms with Gasteiger partial charge in [0, 0.05) is 18.4 Å². The summed E-state index contributed by atoms with van der Waals surface area (Å²) in [6.45, 7) is 1.61. The summed E-state index contributed by atoms with van der Waals surface area (Å²) < 4.78 is 27.7.